The van der Waals surface area contributed by atoms with Gasteiger partial charge in [-0.2, -0.15) is 26.3 Å². The van der Waals surface area contributed by atoms with Crippen LogP contribution in [0.3, 0.4) is 0 Å². The van der Waals surface area contributed by atoms with Gasteiger partial charge in [0.05, 0.1) is 17.3 Å². The van der Waals surface area contributed by atoms with E-state index in [1.807, 2.05) is 0 Å². The predicted octanol–water partition coefficient (Wildman–Crippen LogP) is 5.27. The van der Waals surface area contributed by atoms with E-state index in [1.54, 1.807) is 0 Å². The molecule has 0 fully saturated rings. The van der Waals surface area contributed by atoms with Gasteiger partial charge in [-0.3, -0.25) is 0 Å². The largest absolute Gasteiger partial charge is 0.417 e. The second-order valence-electron chi connectivity index (χ2n) is 4.75. The van der Waals surface area contributed by atoms with Crippen molar-refractivity contribution in [1.29, 1.82) is 0 Å². The molecule has 0 atom stereocenters. The van der Waals surface area contributed by atoms with Crippen molar-refractivity contribution in [3.63, 3.8) is 0 Å². The Kier molecular flexibility index (Phi) is 5.16. The summed E-state index contributed by atoms with van der Waals surface area (Å²) in [5.74, 6) is 0. The maximum absolute atomic E-state index is 12.8. The van der Waals surface area contributed by atoms with Crippen LogP contribution in [0, 0.1) is 0 Å². The first-order valence-electron chi connectivity index (χ1n) is 6.66. The van der Waals surface area contributed by atoms with E-state index in [1.165, 1.54) is 36.4 Å². The zero-order valence-corrected chi connectivity index (χ0v) is 12.0. The standard InChI is InChI=1S/C16H11F6NO/c17-15(18,19)13-7-3-1-5-11(13)9-23-24-10-12-6-2-4-8-14(12)16(20,21)22/h1-9H,10H2. The van der Waals surface area contributed by atoms with Crippen LogP contribution in [-0.2, 0) is 23.8 Å². The van der Waals surface area contributed by atoms with Crippen molar-refractivity contribution in [2.75, 3.05) is 0 Å². The molecule has 0 spiro atoms. The average Bonchev–Trinajstić information content (AvgIpc) is 2.50. The summed E-state index contributed by atoms with van der Waals surface area (Å²) in [6.07, 6.45) is -8.29. The van der Waals surface area contributed by atoms with Crippen molar-refractivity contribution in [1.82, 2.24) is 0 Å². The third-order valence-electron chi connectivity index (χ3n) is 3.08. The molecule has 0 heterocycles. The topological polar surface area (TPSA) is 21.6 Å². The maximum atomic E-state index is 12.8. The molecule has 8 heteroatoms. The monoisotopic (exact) mass is 347 g/mol. The van der Waals surface area contributed by atoms with Gasteiger partial charge >= 0.3 is 12.4 Å². The van der Waals surface area contributed by atoms with Gasteiger partial charge in [0.15, 0.2) is 0 Å². The van der Waals surface area contributed by atoms with Gasteiger partial charge in [-0.25, -0.2) is 0 Å². The fourth-order valence-electron chi connectivity index (χ4n) is 1.99. The molecule has 0 aliphatic rings. The molecule has 0 saturated carbocycles. The second kappa shape index (κ2) is 6.94. The smallest absolute Gasteiger partial charge is 0.391 e. The summed E-state index contributed by atoms with van der Waals surface area (Å²) in [6, 6.07) is 9.39. The van der Waals surface area contributed by atoms with Crippen molar-refractivity contribution in [2.45, 2.75) is 19.0 Å². The summed E-state index contributed by atoms with van der Waals surface area (Å²) < 4.78 is 76.7. The van der Waals surface area contributed by atoms with E-state index in [4.69, 9.17) is 4.84 Å². The van der Waals surface area contributed by atoms with E-state index in [-0.39, 0.29) is 11.1 Å². The Morgan fingerprint density at radius 2 is 1.33 bits per heavy atom. The van der Waals surface area contributed by atoms with E-state index in [9.17, 15) is 26.3 Å². The number of hydrogen-bond donors (Lipinski definition) is 0. The third-order valence-corrected chi connectivity index (χ3v) is 3.08. The van der Waals surface area contributed by atoms with E-state index >= 15 is 0 Å². The highest BCUT2D eigenvalue weighted by Crippen LogP contribution is 2.32. The van der Waals surface area contributed by atoms with Gasteiger partial charge in [0.25, 0.3) is 0 Å². The second-order valence-corrected chi connectivity index (χ2v) is 4.75. The number of alkyl halides is 6. The summed E-state index contributed by atoms with van der Waals surface area (Å²) in [6.45, 7) is -0.514. The Bertz CT molecular complexity index is 721. The lowest BCUT2D eigenvalue weighted by molar-refractivity contribution is -0.139. The number of rotatable bonds is 4. The van der Waals surface area contributed by atoms with Crippen molar-refractivity contribution in [3.05, 3.63) is 70.8 Å². The molecule has 2 rings (SSSR count). The molecular weight excluding hydrogens is 336 g/mol. The molecular formula is C16H11F6NO. The summed E-state index contributed by atoms with van der Waals surface area (Å²) in [5, 5.41) is 3.34. The number of benzene rings is 2. The van der Waals surface area contributed by atoms with Crippen LogP contribution in [0.5, 0.6) is 0 Å². The van der Waals surface area contributed by atoms with E-state index in [0.717, 1.165) is 18.3 Å². The quantitative estimate of drug-likeness (QED) is 0.419. The lowest BCUT2D eigenvalue weighted by Gasteiger charge is -2.11. The SMILES string of the molecule is FC(F)(F)c1ccccc1C=NOCc1ccccc1C(F)(F)F. The van der Waals surface area contributed by atoms with Gasteiger partial charge in [0.1, 0.15) is 6.61 Å². The van der Waals surface area contributed by atoms with Crippen LogP contribution in [0.1, 0.15) is 22.3 Å². The van der Waals surface area contributed by atoms with Crippen LogP contribution in [0.4, 0.5) is 26.3 Å². The molecule has 0 aliphatic carbocycles. The molecule has 0 N–H and O–H groups in total. The van der Waals surface area contributed by atoms with Crippen LogP contribution in [0.15, 0.2) is 53.7 Å². The Hall–Kier alpha value is -2.51. The highest BCUT2D eigenvalue weighted by molar-refractivity contribution is 5.81. The Morgan fingerprint density at radius 3 is 1.96 bits per heavy atom. The molecule has 2 nitrogen and oxygen atoms in total. The van der Waals surface area contributed by atoms with Gasteiger partial charge < -0.3 is 4.84 Å². The van der Waals surface area contributed by atoms with E-state index < -0.39 is 30.1 Å². The minimum Gasteiger partial charge on any atom is -0.391 e. The van der Waals surface area contributed by atoms with Gasteiger partial charge in [0, 0.05) is 11.1 Å². The van der Waals surface area contributed by atoms with Gasteiger partial charge in [0.2, 0.25) is 0 Å². The summed E-state index contributed by atoms with van der Waals surface area (Å²) in [7, 11) is 0. The molecule has 2 aromatic carbocycles. The van der Waals surface area contributed by atoms with Gasteiger partial charge in [-0.1, -0.05) is 41.6 Å². The van der Waals surface area contributed by atoms with Gasteiger partial charge in [-0.05, 0) is 12.1 Å². The maximum Gasteiger partial charge on any atom is 0.417 e. The van der Waals surface area contributed by atoms with Gasteiger partial charge in [-0.15, -0.1) is 0 Å². The zero-order chi connectivity index (χ0) is 17.8. The number of halogens is 6. The van der Waals surface area contributed by atoms with Crippen molar-refractivity contribution in [2.24, 2.45) is 5.16 Å². The molecule has 0 saturated heterocycles. The third kappa shape index (κ3) is 4.50. The Balaban J connectivity index is 2.10. The van der Waals surface area contributed by atoms with E-state index in [0.29, 0.717) is 0 Å². The molecule has 0 bridgehead atoms. The fourth-order valence-corrected chi connectivity index (χ4v) is 1.99. The molecule has 0 aliphatic heterocycles. The fraction of sp³-hybridized carbons (Fsp3) is 0.188. The summed E-state index contributed by atoms with van der Waals surface area (Å²) in [5.41, 5.74) is -2.19. The Labute approximate surface area is 133 Å². The predicted molar refractivity (Wildman–Crippen MR) is 75.3 cm³/mol. The zero-order valence-electron chi connectivity index (χ0n) is 12.0. The van der Waals surface area contributed by atoms with E-state index in [2.05, 4.69) is 5.16 Å². The molecule has 0 aromatic heterocycles. The van der Waals surface area contributed by atoms with Crippen LogP contribution >= 0.6 is 0 Å². The number of hydrogen-bond acceptors (Lipinski definition) is 2. The van der Waals surface area contributed by atoms with Crippen LogP contribution in [0.2, 0.25) is 0 Å². The van der Waals surface area contributed by atoms with Crippen molar-refractivity contribution >= 4 is 6.21 Å². The van der Waals surface area contributed by atoms with Crippen LogP contribution in [0.25, 0.3) is 0 Å². The highest BCUT2D eigenvalue weighted by Gasteiger charge is 2.33. The van der Waals surface area contributed by atoms with Crippen molar-refractivity contribution < 1.29 is 31.2 Å². The van der Waals surface area contributed by atoms with Crippen LogP contribution in [-0.4, -0.2) is 6.21 Å². The average molecular weight is 347 g/mol. The summed E-state index contributed by atoms with van der Waals surface area (Å²) in [4.78, 5) is 4.73. The minimum atomic E-state index is -4.56. The summed E-state index contributed by atoms with van der Waals surface area (Å²) >= 11 is 0. The van der Waals surface area contributed by atoms with Crippen LogP contribution < -0.4 is 0 Å². The first kappa shape index (κ1) is 17.8. The number of oxime groups is 1. The minimum absolute atomic E-state index is 0.161. The molecule has 2 aromatic rings. The molecule has 0 radical (unpaired) electrons. The molecule has 128 valence electrons. The normalized spacial score (nSPS) is 12.6. The Morgan fingerprint density at radius 1 is 0.792 bits per heavy atom. The number of nitrogens with zero attached hydrogens (tertiary/aromatic N) is 1. The van der Waals surface area contributed by atoms with Crippen molar-refractivity contribution in [3.8, 4) is 0 Å². The molecule has 0 unspecified atom stereocenters. The first-order chi connectivity index (χ1) is 11.2. The molecule has 0 amide bonds. The lowest BCUT2D eigenvalue weighted by atomic mass is 10.1. The molecule has 24 heavy (non-hydrogen) atoms. The lowest BCUT2D eigenvalue weighted by Crippen LogP contribution is -2.09. The first-order valence-corrected chi connectivity index (χ1v) is 6.66. The highest BCUT2D eigenvalue weighted by atomic mass is 19.4.